The van der Waals surface area contributed by atoms with Crippen LogP contribution in [-0.2, 0) is 4.79 Å². The van der Waals surface area contributed by atoms with Crippen LogP contribution in [0.15, 0.2) is 24.3 Å². The van der Waals surface area contributed by atoms with Crippen molar-refractivity contribution in [3.63, 3.8) is 0 Å². The molecule has 3 N–H and O–H groups in total. The number of carbonyl (C=O) groups is 2. The lowest BCUT2D eigenvalue weighted by atomic mass is 9.98. The summed E-state index contributed by atoms with van der Waals surface area (Å²) in [6.45, 7) is 3.48. The minimum Gasteiger partial charge on any atom is -0.340 e. The molecule has 1 aliphatic carbocycles. The average Bonchev–Trinajstić information content (AvgIpc) is 3.20. The summed E-state index contributed by atoms with van der Waals surface area (Å²) in [6.07, 6.45) is 4.84. The molecule has 0 radical (unpaired) electrons. The van der Waals surface area contributed by atoms with E-state index < -0.39 is 6.04 Å². The van der Waals surface area contributed by atoms with Crippen molar-refractivity contribution < 1.29 is 9.59 Å². The Morgan fingerprint density at radius 3 is 2.78 bits per heavy atom. The zero-order chi connectivity index (χ0) is 18.7. The van der Waals surface area contributed by atoms with Crippen LogP contribution in [0.5, 0.6) is 0 Å². The highest BCUT2D eigenvalue weighted by Gasteiger charge is 2.43. The van der Waals surface area contributed by atoms with E-state index >= 15 is 0 Å². The van der Waals surface area contributed by atoms with Gasteiger partial charge in [0.25, 0.3) is 5.91 Å². The number of hydrogen-bond donors (Lipinski definition) is 2. The van der Waals surface area contributed by atoms with Crippen LogP contribution in [0, 0.1) is 18.8 Å². The third kappa shape index (κ3) is 5.18. The van der Waals surface area contributed by atoms with E-state index in [1.807, 2.05) is 36.3 Å². The number of rotatable bonds is 6. The number of aryl methyl sites for hydroxylation is 1. The molecule has 1 saturated carbocycles. The number of carbonyl (C=O) groups excluding carboxylic acids is 2. The first-order chi connectivity index (χ1) is 12.5. The fourth-order valence-electron chi connectivity index (χ4n) is 4.23. The Kier molecular flexibility index (Phi) is 8.01. The molecule has 2 amide bonds. The molecule has 3 rings (SSSR count). The molecule has 1 aromatic carbocycles. The van der Waals surface area contributed by atoms with Crippen molar-refractivity contribution in [2.45, 2.75) is 38.3 Å². The number of hydrogen-bond acceptors (Lipinski definition) is 4. The second-order valence-electron chi connectivity index (χ2n) is 7.59. The van der Waals surface area contributed by atoms with Crippen molar-refractivity contribution >= 4 is 36.0 Å². The molecule has 150 valence electrons. The van der Waals surface area contributed by atoms with Crippen molar-refractivity contribution in [1.29, 1.82) is 0 Å². The van der Waals surface area contributed by atoms with Gasteiger partial charge in [-0.15, -0.1) is 12.4 Å². The summed E-state index contributed by atoms with van der Waals surface area (Å²) < 4.78 is 0. The Balaban J connectivity index is 0.00000261. The normalized spacial score (nSPS) is 24.9. The lowest BCUT2D eigenvalue weighted by Gasteiger charge is -2.25. The highest BCUT2D eigenvalue weighted by atomic mass is 35.5. The molecular weight excluding hydrogens is 382 g/mol. The number of benzene rings is 1. The first-order valence-corrected chi connectivity index (χ1v) is 10.8. The SMILES string of the molecule is CSCCC(NC(=O)c1cccc(C)c1)C(=O)N1CC2CCC(N)C2C1.Cl. The highest BCUT2D eigenvalue weighted by Crippen LogP contribution is 2.37. The Morgan fingerprint density at radius 2 is 2.11 bits per heavy atom. The molecule has 0 spiro atoms. The Morgan fingerprint density at radius 1 is 1.33 bits per heavy atom. The van der Waals surface area contributed by atoms with Gasteiger partial charge in [0.2, 0.25) is 5.91 Å². The molecule has 1 heterocycles. The van der Waals surface area contributed by atoms with Crippen molar-refractivity contribution in [1.82, 2.24) is 10.2 Å². The van der Waals surface area contributed by atoms with Gasteiger partial charge in [-0.3, -0.25) is 9.59 Å². The summed E-state index contributed by atoms with van der Waals surface area (Å²) in [6, 6.07) is 7.21. The molecule has 5 nitrogen and oxygen atoms in total. The van der Waals surface area contributed by atoms with Crippen LogP contribution in [0.4, 0.5) is 0 Å². The van der Waals surface area contributed by atoms with Gasteiger partial charge in [0.15, 0.2) is 0 Å². The maximum Gasteiger partial charge on any atom is 0.251 e. The van der Waals surface area contributed by atoms with E-state index in [1.54, 1.807) is 17.8 Å². The van der Waals surface area contributed by atoms with Gasteiger partial charge in [-0.2, -0.15) is 11.8 Å². The Labute approximate surface area is 172 Å². The zero-order valence-electron chi connectivity index (χ0n) is 16.0. The fraction of sp³-hybridized carbons (Fsp3) is 0.600. The first-order valence-electron chi connectivity index (χ1n) is 9.40. The van der Waals surface area contributed by atoms with Gasteiger partial charge in [-0.1, -0.05) is 17.7 Å². The molecule has 1 saturated heterocycles. The number of halogens is 1. The monoisotopic (exact) mass is 411 g/mol. The minimum atomic E-state index is -0.467. The van der Waals surface area contributed by atoms with Gasteiger partial charge in [-0.25, -0.2) is 0 Å². The van der Waals surface area contributed by atoms with Crippen LogP contribution >= 0.6 is 24.2 Å². The molecule has 7 heteroatoms. The van der Waals surface area contributed by atoms with Gasteiger partial charge in [0, 0.05) is 24.7 Å². The molecule has 4 unspecified atom stereocenters. The molecule has 0 bridgehead atoms. The fourth-order valence-corrected chi connectivity index (χ4v) is 4.70. The topological polar surface area (TPSA) is 75.4 Å². The Bertz CT molecular complexity index is 672. The number of nitrogens with two attached hydrogens (primary N) is 1. The Hall–Kier alpha value is -1.24. The number of amides is 2. The van der Waals surface area contributed by atoms with E-state index in [9.17, 15) is 9.59 Å². The molecule has 1 aromatic rings. The number of nitrogens with one attached hydrogen (secondary N) is 1. The summed E-state index contributed by atoms with van der Waals surface area (Å²) >= 11 is 1.69. The predicted octanol–water partition coefficient (Wildman–Crippen LogP) is 2.46. The molecule has 2 fully saturated rings. The smallest absolute Gasteiger partial charge is 0.251 e. The van der Waals surface area contributed by atoms with E-state index in [1.165, 1.54) is 0 Å². The maximum atomic E-state index is 13.1. The van der Waals surface area contributed by atoms with Gasteiger partial charge in [-0.05, 0) is 62.2 Å². The van der Waals surface area contributed by atoms with Gasteiger partial charge in [0.1, 0.15) is 6.04 Å². The van der Waals surface area contributed by atoms with Crippen molar-refractivity contribution in [3.8, 4) is 0 Å². The third-order valence-corrected chi connectivity index (χ3v) is 6.36. The van der Waals surface area contributed by atoms with E-state index in [0.29, 0.717) is 23.8 Å². The summed E-state index contributed by atoms with van der Waals surface area (Å²) in [5.74, 6) is 1.66. The molecule has 2 aliphatic rings. The van der Waals surface area contributed by atoms with Gasteiger partial charge in [0.05, 0.1) is 0 Å². The van der Waals surface area contributed by atoms with Crippen LogP contribution in [0.2, 0.25) is 0 Å². The van der Waals surface area contributed by atoms with E-state index in [-0.39, 0.29) is 30.3 Å². The molecular formula is C20H30ClN3O2S. The van der Waals surface area contributed by atoms with Gasteiger partial charge >= 0.3 is 0 Å². The standard InChI is InChI=1S/C20H29N3O2S.ClH/c1-13-4-3-5-14(10-13)19(24)22-18(8-9-26-2)20(25)23-11-15-6-7-17(21)16(15)12-23;/h3-5,10,15-18H,6-9,11-12,21H2,1-2H3,(H,22,24);1H. The van der Waals surface area contributed by atoms with Crippen LogP contribution < -0.4 is 11.1 Å². The largest absolute Gasteiger partial charge is 0.340 e. The number of nitrogens with zero attached hydrogens (tertiary/aromatic N) is 1. The van der Waals surface area contributed by atoms with Crippen molar-refractivity contribution in [2.75, 3.05) is 25.1 Å². The lowest BCUT2D eigenvalue weighted by Crippen LogP contribution is -2.48. The minimum absolute atomic E-state index is 0. The average molecular weight is 412 g/mol. The second-order valence-corrected chi connectivity index (χ2v) is 8.57. The number of fused-ring (bicyclic) bond motifs is 1. The summed E-state index contributed by atoms with van der Waals surface area (Å²) in [4.78, 5) is 27.6. The number of thioether (sulfide) groups is 1. The van der Waals surface area contributed by atoms with E-state index in [0.717, 1.165) is 37.2 Å². The van der Waals surface area contributed by atoms with Crippen molar-refractivity contribution in [2.24, 2.45) is 17.6 Å². The predicted molar refractivity (Wildman–Crippen MR) is 113 cm³/mol. The maximum absolute atomic E-state index is 13.1. The first kappa shape index (κ1) is 22.1. The number of likely N-dealkylation sites (tertiary alicyclic amines) is 1. The molecule has 4 atom stereocenters. The summed E-state index contributed by atoms with van der Waals surface area (Å²) in [7, 11) is 0. The molecule has 27 heavy (non-hydrogen) atoms. The molecule has 0 aromatic heterocycles. The third-order valence-electron chi connectivity index (χ3n) is 5.72. The second kappa shape index (κ2) is 9.80. The van der Waals surface area contributed by atoms with Crippen molar-refractivity contribution in [3.05, 3.63) is 35.4 Å². The zero-order valence-corrected chi connectivity index (χ0v) is 17.7. The van der Waals surface area contributed by atoms with Crippen LogP contribution in [0.3, 0.4) is 0 Å². The van der Waals surface area contributed by atoms with E-state index in [4.69, 9.17) is 5.73 Å². The van der Waals surface area contributed by atoms with Crippen LogP contribution in [0.1, 0.15) is 35.2 Å². The summed E-state index contributed by atoms with van der Waals surface area (Å²) in [5, 5.41) is 2.97. The highest BCUT2D eigenvalue weighted by molar-refractivity contribution is 7.98. The van der Waals surface area contributed by atoms with Crippen LogP contribution in [-0.4, -0.2) is 53.9 Å². The van der Waals surface area contributed by atoms with E-state index in [2.05, 4.69) is 5.32 Å². The van der Waals surface area contributed by atoms with Gasteiger partial charge < -0.3 is 16.0 Å². The quantitative estimate of drug-likeness (QED) is 0.753. The van der Waals surface area contributed by atoms with Crippen LogP contribution in [0.25, 0.3) is 0 Å². The summed E-state index contributed by atoms with van der Waals surface area (Å²) in [5.41, 5.74) is 7.84. The molecule has 1 aliphatic heterocycles. The lowest BCUT2D eigenvalue weighted by molar-refractivity contribution is -0.132.